The maximum Gasteiger partial charge on any atom is 0.306 e. The minimum atomic E-state index is -1.14. The summed E-state index contributed by atoms with van der Waals surface area (Å²) in [6.07, 6.45) is 39.2. The average molecular weight is 684 g/mol. The lowest BCUT2D eigenvalue weighted by atomic mass is 10.1. The van der Waals surface area contributed by atoms with Gasteiger partial charge < -0.3 is 28.6 Å². The smallest absolute Gasteiger partial charge is 0.306 e. The lowest BCUT2D eigenvalue weighted by Gasteiger charge is -2.34. The third-order valence-electron chi connectivity index (χ3n) is 7.44. The highest BCUT2D eigenvalue weighted by Gasteiger charge is 2.25. The number of carbonyl (C=O) groups excluding carboxylic acids is 3. The van der Waals surface area contributed by atoms with E-state index in [1.165, 1.54) is 19.3 Å². The number of allylic oxidation sites excluding steroid dienone is 14. The molecule has 0 spiro atoms. The first kappa shape index (κ1) is 45.5. The monoisotopic (exact) mass is 683 g/mol. The van der Waals surface area contributed by atoms with Crippen molar-refractivity contribution in [2.24, 2.45) is 0 Å². The molecule has 0 N–H and O–H groups in total. The van der Waals surface area contributed by atoms with Crippen molar-refractivity contribution in [1.29, 1.82) is 0 Å². The molecule has 0 saturated heterocycles. The van der Waals surface area contributed by atoms with E-state index in [2.05, 4.69) is 32.1 Å². The van der Waals surface area contributed by atoms with E-state index in [0.29, 0.717) is 12.8 Å². The van der Waals surface area contributed by atoms with Crippen LogP contribution in [0, 0.1) is 0 Å². The highest BCUT2D eigenvalue weighted by atomic mass is 16.6. The summed E-state index contributed by atoms with van der Waals surface area (Å²) in [7, 11) is 5.35. The van der Waals surface area contributed by atoms with Crippen molar-refractivity contribution < 1.29 is 38.2 Å². The van der Waals surface area contributed by atoms with Crippen LogP contribution in [0.5, 0.6) is 0 Å². The van der Waals surface area contributed by atoms with E-state index in [0.717, 1.165) is 38.5 Å². The second-order valence-electron chi connectivity index (χ2n) is 12.9. The van der Waals surface area contributed by atoms with Crippen LogP contribution < -0.4 is 5.11 Å². The maximum absolute atomic E-state index is 12.5. The molecular formula is C41H65NO7. The summed E-state index contributed by atoms with van der Waals surface area (Å²) in [5.41, 5.74) is 0. The molecule has 276 valence electrons. The van der Waals surface area contributed by atoms with Crippen LogP contribution in [0.1, 0.15) is 104 Å². The minimum absolute atomic E-state index is 0.00472. The van der Waals surface area contributed by atoms with Crippen LogP contribution in [0.25, 0.3) is 0 Å². The van der Waals surface area contributed by atoms with Gasteiger partial charge in [0, 0.05) is 19.3 Å². The average Bonchev–Trinajstić information content (AvgIpc) is 3.05. The summed E-state index contributed by atoms with van der Waals surface area (Å²) in [5, 5.41) is 11.5. The van der Waals surface area contributed by atoms with Gasteiger partial charge in [0.05, 0.1) is 40.3 Å². The third kappa shape index (κ3) is 30.3. The Hall–Kier alpha value is -3.49. The molecule has 0 aliphatic carbocycles. The van der Waals surface area contributed by atoms with E-state index in [1.54, 1.807) is 21.1 Å². The third-order valence-corrected chi connectivity index (χ3v) is 7.44. The normalized spacial score (nSPS) is 14.1. The van der Waals surface area contributed by atoms with E-state index in [9.17, 15) is 19.5 Å². The van der Waals surface area contributed by atoms with Gasteiger partial charge in [0.2, 0.25) is 0 Å². The molecule has 0 aromatic heterocycles. The molecule has 0 amide bonds. The van der Waals surface area contributed by atoms with Crippen molar-refractivity contribution in [3.05, 3.63) is 85.1 Å². The number of nitrogens with zero attached hydrogens (tertiary/aromatic N) is 1. The molecule has 8 nitrogen and oxygen atoms in total. The topological polar surface area (TPSA) is 102 Å². The molecule has 0 heterocycles. The first-order chi connectivity index (χ1) is 23.6. The Bertz CT molecular complexity index is 1080. The summed E-state index contributed by atoms with van der Waals surface area (Å²) in [4.78, 5) is 36.5. The van der Waals surface area contributed by atoms with Gasteiger partial charge in [-0.2, -0.15) is 0 Å². The van der Waals surface area contributed by atoms with E-state index in [4.69, 9.17) is 14.2 Å². The standard InChI is InChI=1S/C41H65NO7/c1-6-8-10-12-14-16-17-18-19-20-21-22-23-24-26-27-29-31-39(43)48-36-37(35-47-34-33-38(41(45)46)42(3,4)5)49-40(44)32-30-28-25-15-13-11-9-7-2/h8,10,12,14,16-23,25,28,37-38H,6-7,9,11,13,15,24,26-27,29-36H2,1-5H3/b10-8+,14-12+,17-16+,19-18+,21-20+,23-22+,28-25+. The van der Waals surface area contributed by atoms with Crippen molar-refractivity contribution in [3.8, 4) is 0 Å². The molecule has 0 bridgehead atoms. The van der Waals surface area contributed by atoms with E-state index in [1.807, 2.05) is 66.8 Å². The number of rotatable bonds is 30. The zero-order valence-electron chi connectivity index (χ0n) is 31.1. The first-order valence-electron chi connectivity index (χ1n) is 18.2. The molecule has 0 aromatic rings. The molecule has 0 aliphatic rings. The van der Waals surface area contributed by atoms with E-state index >= 15 is 0 Å². The van der Waals surface area contributed by atoms with Crippen LogP contribution in [0.4, 0.5) is 0 Å². The largest absolute Gasteiger partial charge is 0.544 e. The van der Waals surface area contributed by atoms with Crippen LogP contribution in [0.15, 0.2) is 85.1 Å². The fourth-order valence-electron chi connectivity index (χ4n) is 4.59. The molecule has 0 aliphatic heterocycles. The van der Waals surface area contributed by atoms with Crippen LogP contribution >= 0.6 is 0 Å². The van der Waals surface area contributed by atoms with Crippen molar-refractivity contribution in [2.45, 2.75) is 116 Å². The molecule has 49 heavy (non-hydrogen) atoms. The molecule has 0 fully saturated rings. The Balaban J connectivity index is 4.55. The summed E-state index contributed by atoms with van der Waals surface area (Å²) in [6, 6.07) is -0.740. The highest BCUT2D eigenvalue weighted by molar-refractivity contribution is 5.70. The second kappa shape index (κ2) is 31.8. The molecule has 0 saturated carbocycles. The van der Waals surface area contributed by atoms with Gasteiger partial charge in [-0.3, -0.25) is 9.59 Å². The number of quaternary nitrogens is 1. The number of ether oxygens (including phenoxy) is 3. The van der Waals surface area contributed by atoms with Crippen LogP contribution in [0.3, 0.4) is 0 Å². The molecule has 0 radical (unpaired) electrons. The molecular weight excluding hydrogens is 618 g/mol. The molecule has 2 unspecified atom stereocenters. The molecule has 2 atom stereocenters. The highest BCUT2D eigenvalue weighted by Crippen LogP contribution is 2.10. The second-order valence-corrected chi connectivity index (χ2v) is 12.9. The van der Waals surface area contributed by atoms with Gasteiger partial charge in [0.15, 0.2) is 6.10 Å². The van der Waals surface area contributed by atoms with Crippen molar-refractivity contribution in [1.82, 2.24) is 0 Å². The fourth-order valence-corrected chi connectivity index (χ4v) is 4.59. The number of carboxylic acids is 1. The minimum Gasteiger partial charge on any atom is -0.544 e. The summed E-state index contributed by atoms with van der Waals surface area (Å²) >= 11 is 0. The Morgan fingerprint density at radius 3 is 1.80 bits per heavy atom. The number of esters is 2. The van der Waals surface area contributed by atoms with E-state index in [-0.39, 0.29) is 49.5 Å². The fraction of sp³-hybridized carbons (Fsp3) is 0.585. The van der Waals surface area contributed by atoms with Crippen LogP contribution in [-0.2, 0) is 28.6 Å². The Morgan fingerprint density at radius 2 is 1.20 bits per heavy atom. The number of hydrogen-bond acceptors (Lipinski definition) is 7. The maximum atomic E-state index is 12.5. The van der Waals surface area contributed by atoms with Crippen LogP contribution in [0.2, 0.25) is 0 Å². The Kier molecular flexibility index (Phi) is 29.5. The van der Waals surface area contributed by atoms with Crippen molar-refractivity contribution >= 4 is 17.9 Å². The number of unbranched alkanes of at least 4 members (excludes halogenated alkanes) is 7. The Morgan fingerprint density at radius 1 is 0.633 bits per heavy atom. The van der Waals surface area contributed by atoms with Gasteiger partial charge in [-0.05, 0) is 44.9 Å². The summed E-state index contributed by atoms with van der Waals surface area (Å²) in [5.74, 6) is -1.88. The molecule has 8 heteroatoms. The molecule has 0 aromatic carbocycles. The van der Waals surface area contributed by atoms with Crippen LogP contribution in [-0.4, -0.2) is 75.5 Å². The number of carbonyl (C=O) groups is 3. The number of hydrogen-bond donors (Lipinski definition) is 0. The predicted molar refractivity (Wildman–Crippen MR) is 198 cm³/mol. The lowest BCUT2D eigenvalue weighted by molar-refractivity contribution is -0.889. The summed E-state index contributed by atoms with van der Waals surface area (Å²) < 4.78 is 16.9. The van der Waals surface area contributed by atoms with Gasteiger partial charge >= 0.3 is 11.9 Å². The Labute approximate surface area is 297 Å². The van der Waals surface area contributed by atoms with E-state index < -0.39 is 24.1 Å². The quantitative estimate of drug-likeness (QED) is 0.0252. The first-order valence-corrected chi connectivity index (χ1v) is 18.2. The number of likely N-dealkylation sites (N-methyl/N-ethyl adjacent to an activating group) is 1. The van der Waals surface area contributed by atoms with Gasteiger partial charge in [-0.1, -0.05) is 125 Å². The zero-order chi connectivity index (χ0) is 36.4. The summed E-state index contributed by atoms with van der Waals surface area (Å²) in [6.45, 7) is 4.33. The number of carboxylic acid groups (broad SMARTS) is 1. The van der Waals surface area contributed by atoms with Gasteiger partial charge in [0.1, 0.15) is 12.6 Å². The lowest BCUT2D eigenvalue weighted by Crippen LogP contribution is -2.55. The number of aliphatic carboxylic acids is 1. The molecule has 0 rings (SSSR count). The SMILES string of the molecule is CC/C=C/C=C/C=C/C=C/C=C/C=C/CCCCCC(=O)OCC(COCCC(C(=O)[O-])[N+](C)(C)C)OC(=O)CC/C=C/CCCCCC. The van der Waals surface area contributed by atoms with Crippen molar-refractivity contribution in [2.75, 3.05) is 41.0 Å². The van der Waals surface area contributed by atoms with Gasteiger partial charge in [-0.15, -0.1) is 0 Å². The van der Waals surface area contributed by atoms with Crippen molar-refractivity contribution in [3.63, 3.8) is 0 Å². The van der Waals surface area contributed by atoms with Gasteiger partial charge in [-0.25, -0.2) is 0 Å². The predicted octanol–water partition coefficient (Wildman–Crippen LogP) is 7.68. The zero-order valence-corrected chi connectivity index (χ0v) is 31.1. The van der Waals surface area contributed by atoms with Gasteiger partial charge in [0.25, 0.3) is 0 Å².